The number of thioether (sulfide) groups is 1. The normalized spacial score (nSPS) is 11.4. The first-order valence-electron chi connectivity index (χ1n) is 5.91. The van der Waals surface area contributed by atoms with Crippen molar-refractivity contribution in [3.8, 4) is 0 Å². The largest absolute Gasteiger partial charge is 0.330 e. The minimum absolute atomic E-state index is 0.699. The minimum Gasteiger partial charge on any atom is -0.330 e. The first kappa shape index (κ1) is 13.6. The van der Waals surface area contributed by atoms with Crippen LogP contribution in [0.25, 0.3) is 0 Å². The smallest absolute Gasteiger partial charge is 0.0971 e. The molecule has 0 atom stereocenters. The van der Waals surface area contributed by atoms with Gasteiger partial charge in [0, 0.05) is 12.6 Å². The van der Waals surface area contributed by atoms with E-state index in [4.69, 9.17) is 5.73 Å². The number of aromatic nitrogens is 2. The van der Waals surface area contributed by atoms with Gasteiger partial charge in [0.2, 0.25) is 0 Å². The van der Waals surface area contributed by atoms with Crippen molar-refractivity contribution in [2.45, 2.75) is 38.6 Å². The molecule has 0 fully saturated rings. The van der Waals surface area contributed by atoms with Gasteiger partial charge >= 0.3 is 0 Å². The summed E-state index contributed by atoms with van der Waals surface area (Å²) in [6.07, 6.45) is 2.18. The van der Waals surface area contributed by atoms with Crippen LogP contribution in [-0.4, -0.2) is 22.1 Å². The van der Waals surface area contributed by atoms with Crippen molar-refractivity contribution in [2.24, 2.45) is 18.7 Å². The summed E-state index contributed by atoms with van der Waals surface area (Å²) in [4.78, 5) is 0. The summed E-state index contributed by atoms with van der Waals surface area (Å²) in [7, 11) is 2.02. The number of rotatable bonds is 6. The average molecular weight is 241 g/mol. The van der Waals surface area contributed by atoms with Gasteiger partial charge in [-0.15, -0.1) is 11.8 Å². The summed E-state index contributed by atoms with van der Waals surface area (Å²) in [5.41, 5.74) is 8.10. The molecule has 1 heterocycles. The topological polar surface area (TPSA) is 43.8 Å². The van der Waals surface area contributed by atoms with Crippen LogP contribution in [0.2, 0.25) is 0 Å². The molecule has 3 nitrogen and oxygen atoms in total. The molecule has 0 bridgehead atoms. The molecule has 0 unspecified atom stereocenters. The zero-order valence-corrected chi connectivity index (χ0v) is 11.6. The second-order valence-corrected chi connectivity index (χ2v) is 5.65. The first-order chi connectivity index (χ1) is 7.56. The molecule has 0 aliphatic rings. The van der Waals surface area contributed by atoms with Crippen LogP contribution < -0.4 is 5.73 Å². The molecule has 0 spiro atoms. The van der Waals surface area contributed by atoms with Gasteiger partial charge in [-0.3, -0.25) is 4.68 Å². The van der Waals surface area contributed by atoms with Gasteiger partial charge in [-0.1, -0.05) is 13.8 Å². The molecule has 0 aliphatic heterocycles. The molecule has 0 amide bonds. The Morgan fingerprint density at radius 3 is 2.69 bits per heavy atom. The van der Waals surface area contributed by atoms with Gasteiger partial charge in [-0.25, -0.2) is 0 Å². The zero-order valence-electron chi connectivity index (χ0n) is 10.8. The van der Waals surface area contributed by atoms with Gasteiger partial charge in [-0.2, -0.15) is 5.10 Å². The molecule has 16 heavy (non-hydrogen) atoms. The zero-order chi connectivity index (χ0) is 12.1. The standard InChI is InChI=1S/C12H23N3S/c1-9(2)6-8-16-12-11(5-7-13)10(3)14-15(12)4/h9H,5-8,13H2,1-4H3. The van der Waals surface area contributed by atoms with Crippen LogP contribution in [0.1, 0.15) is 31.5 Å². The summed E-state index contributed by atoms with van der Waals surface area (Å²) in [5.74, 6) is 1.92. The van der Waals surface area contributed by atoms with E-state index in [0.717, 1.165) is 23.8 Å². The molecular weight excluding hydrogens is 218 g/mol. The van der Waals surface area contributed by atoms with E-state index in [-0.39, 0.29) is 0 Å². The van der Waals surface area contributed by atoms with Crippen LogP contribution in [-0.2, 0) is 13.5 Å². The molecule has 0 saturated heterocycles. The fourth-order valence-electron chi connectivity index (χ4n) is 1.68. The third-order valence-corrected chi connectivity index (χ3v) is 3.84. The Kier molecular flexibility index (Phi) is 5.35. The van der Waals surface area contributed by atoms with Crippen molar-refractivity contribution in [1.29, 1.82) is 0 Å². The second-order valence-electron chi connectivity index (χ2n) is 4.56. The lowest BCUT2D eigenvalue weighted by Gasteiger charge is -2.07. The van der Waals surface area contributed by atoms with Gasteiger partial charge in [0.05, 0.1) is 10.7 Å². The van der Waals surface area contributed by atoms with Gasteiger partial charge in [0.25, 0.3) is 0 Å². The third kappa shape index (κ3) is 3.52. The van der Waals surface area contributed by atoms with E-state index in [9.17, 15) is 0 Å². The Balaban J connectivity index is 2.69. The van der Waals surface area contributed by atoms with E-state index in [1.165, 1.54) is 17.0 Å². The summed E-state index contributed by atoms with van der Waals surface area (Å²) >= 11 is 1.91. The van der Waals surface area contributed by atoms with E-state index in [0.29, 0.717) is 6.54 Å². The fourth-order valence-corrected chi connectivity index (χ4v) is 3.12. The monoisotopic (exact) mass is 241 g/mol. The maximum Gasteiger partial charge on any atom is 0.0971 e. The van der Waals surface area contributed by atoms with Crippen molar-refractivity contribution in [3.63, 3.8) is 0 Å². The number of aryl methyl sites for hydroxylation is 2. The van der Waals surface area contributed by atoms with E-state index in [2.05, 4.69) is 25.9 Å². The van der Waals surface area contributed by atoms with Crippen LogP contribution in [0, 0.1) is 12.8 Å². The SMILES string of the molecule is Cc1nn(C)c(SCCC(C)C)c1CCN. The van der Waals surface area contributed by atoms with Crippen molar-refractivity contribution < 1.29 is 0 Å². The summed E-state index contributed by atoms with van der Waals surface area (Å²) in [6.45, 7) is 7.29. The van der Waals surface area contributed by atoms with E-state index >= 15 is 0 Å². The molecule has 1 aromatic heterocycles. The summed E-state index contributed by atoms with van der Waals surface area (Å²) in [5, 5.41) is 5.76. The van der Waals surface area contributed by atoms with Gasteiger partial charge < -0.3 is 5.73 Å². The summed E-state index contributed by atoms with van der Waals surface area (Å²) in [6, 6.07) is 0. The van der Waals surface area contributed by atoms with Crippen molar-refractivity contribution in [2.75, 3.05) is 12.3 Å². The lowest BCUT2D eigenvalue weighted by molar-refractivity contribution is 0.629. The van der Waals surface area contributed by atoms with E-state index < -0.39 is 0 Å². The summed E-state index contributed by atoms with van der Waals surface area (Å²) < 4.78 is 1.99. The Bertz CT molecular complexity index is 331. The molecule has 0 aliphatic carbocycles. The Labute approximate surface area is 103 Å². The van der Waals surface area contributed by atoms with Gasteiger partial charge in [0.1, 0.15) is 0 Å². The maximum absolute atomic E-state index is 5.64. The first-order valence-corrected chi connectivity index (χ1v) is 6.90. The lowest BCUT2D eigenvalue weighted by atomic mass is 10.2. The minimum atomic E-state index is 0.699. The van der Waals surface area contributed by atoms with Crippen LogP contribution in [0.5, 0.6) is 0 Å². The average Bonchev–Trinajstić information content (AvgIpc) is 2.44. The van der Waals surface area contributed by atoms with Crippen molar-refractivity contribution >= 4 is 11.8 Å². The molecule has 1 aromatic rings. The molecule has 0 radical (unpaired) electrons. The molecule has 4 heteroatoms. The van der Waals surface area contributed by atoms with Crippen LogP contribution in [0.15, 0.2) is 5.03 Å². The highest BCUT2D eigenvalue weighted by molar-refractivity contribution is 7.99. The molecule has 0 saturated carbocycles. The predicted molar refractivity (Wildman–Crippen MR) is 70.9 cm³/mol. The molecule has 0 aromatic carbocycles. The predicted octanol–water partition coefficient (Wildman–Crippen LogP) is 2.37. The fraction of sp³-hybridized carbons (Fsp3) is 0.750. The van der Waals surface area contributed by atoms with E-state index in [1.807, 2.05) is 23.5 Å². The highest BCUT2D eigenvalue weighted by atomic mass is 32.2. The number of nitrogens with two attached hydrogens (primary N) is 1. The quantitative estimate of drug-likeness (QED) is 0.778. The van der Waals surface area contributed by atoms with E-state index in [1.54, 1.807) is 0 Å². The molecule has 92 valence electrons. The van der Waals surface area contributed by atoms with Crippen molar-refractivity contribution in [1.82, 2.24) is 9.78 Å². The number of nitrogens with zero attached hydrogens (tertiary/aromatic N) is 2. The van der Waals surface area contributed by atoms with Gasteiger partial charge in [-0.05, 0) is 38.0 Å². The Morgan fingerprint density at radius 1 is 1.44 bits per heavy atom. The molecule has 2 N–H and O–H groups in total. The lowest BCUT2D eigenvalue weighted by Crippen LogP contribution is -2.04. The maximum atomic E-state index is 5.64. The number of hydrogen-bond acceptors (Lipinski definition) is 3. The molecule has 1 rings (SSSR count). The third-order valence-electron chi connectivity index (χ3n) is 2.62. The van der Waals surface area contributed by atoms with Crippen molar-refractivity contribution in [3.05, 3.63) is 11.3 Å². The molecular formula is C12H23N3S. The van der Waals surface area contributed by atoms with Crippen LogP contribution >= 0.6 is 11.8 Å². The van der Waals surface area contributed by atoms with Crippen LogP contribution in [0.4, 0.5) is 0 Å². The highest BCUT2D eigenvalue weighted by Crippen LogP contribution is 2.26. The second kappa shape index (κ2) is 6.30. The highest BCUT2D eigenvalue weighted by Gasteiger charge is 2.12. The van der Waals surface area contributed by atoms with Gasteiger partial charge in [0.15, 0.2) is 0 Å². The Hall–Kier alpha value is -0.480. The number of hydrogen-bond donors (Lipinski definition) is 1. The van der Waals surface area contributed by atoms with Crippen LogP contribution in [0.3, 0.4) is 0 Å². The Morgan fingerprint density at radius 2 is 2.12 bits per heavy atom.